The lowest BCUT2D eigenvalue weighted by Crippen LogP contribution is -2.09. The first-order chi connectivity index (χ1) is 23.8. The maximum atomic E-state index is 6.36. The molecule has 2 nitrogen and oxygen atoms in total. The second-order valence-corrected chi connectivity index (χ2v) is 12.2. The molecule has 9 aromatic rings. The molecule has 48 heavy (non-hydrogen) atoms. The molecular weight excluding hydrogens is 583 g/mol. The Balaban J connectivity index is 1.12. The number of para-hydroxylation sites is 2. The Morgan fingerprint density at radius 1 is 0.333 bits per heavy atom. The van der Waals surface area contributed by atoms with Gasteiger partial charge in [0.15, 0.2) is 0 Å². The van der Waals surface area contributed by atoms with Gasteiger partial charge in [0, 0.05) is 33.4 Å². The van der Waals surface area contributed by atoms with Gasteiger partial charge in [-0.1, -0.05) is 133 Å². The second kappa shape index (κ2) is 11.8. The average Bonchev–Trinajstić information content (AvgIpc) is 3.53. The van der Waals surface area contributed by atoms with E-state index in [4.69, 9.17) is 4.42 Å². The number of nitrogens with zero attached hydrogens (tertiary/aromatic N) is 1. The largest absolute Gasteiger partial charge is 0.456 e. The van der Waals surface area contributed by atoms with Crippen LogP contribution in [-0.4, -0.2) is 0 Å². The number of hydrogen-bond donors (Lipinski definition) is 0. The smallest absolute Gasteiger partial charge is 0.136 e. The molecule has 9 rings (SSSR count). The normalized spacial score (nSPS) is 11.3. The molecule has 0 amide bonds. The third kappa shape index (κ3) is 4.92. The molecule has 2 heteroatoms. The van der Waals surface area contributed by atoms with Crippen LogP contribution >= 0.6 is 0 Å². The lowest BCUT2D eigenvalue weighted by molar-refractivity contribution is 0.669. The van der Waals surface area contributed by atoms with Gasteiger partial charge in [-0.15, -0.1) is 0 Å². The highest BCUT2D eigenvalue weighted by Crippen LogP contribution is 2.43. The SMILES string of the molecule is c1ccc(-c2cccc(-c3ccc(N(c4ccccc4)c4ccc(-c5c6ccccc6cc6oc7ccccc7c56)cc4)cc3)c2)cc1. The van der Waals surface area contributed by atoms with E-state index in [-0.39, 0.29) is 0 Å². The molecular formula is C46H31NO. The van der Waals surface area contributed by atoms with Crippen molar-refractivity contribution in [3.63, 3.8) is 0 Å². The Labute approximate surface area is 279 Å². The zero-order valence-corrected chi connectivity index (χ0v) is 26.3. The maximum Gasteiger partial charge on any atom is 0.136 e. The van der Waals surface area contributed by atoms with Gasteiger partial charge >= 0.3 is 0 Å². The first-order valence-electron chi connectivity index (χ1n) is 16.3. The van der Waals surface area contributed by atoms with Crippen LogP contribution in [0.2, 0.25) is 0 Å². The van der Waals surface area contributed by atoms with Crippen LogP contribution in [0, 0.1) is 0 Å². The predicted molar refractivity (Wildman–Crippen MR) is 202 cm³/mol. The molecule has 0 spiro atoms. The fraction of sp³-hybridized carbons (Fsp3) is 0. The van der Waals surface area contributed by atoms with Crippen molar-refractivity contribution in [1.29, 1.82) is 0 Å². The zero-order valence-electron chi connectivity index (χ0n) is 26.3. The molecule has 0 aliphatic carbocycles. The molecule has 0 N–H and O–H groups in total. The molecule has 0 saturated carbocycles. The summed E-state index contributed by atoms with van der Waals surface area (Å²) in [6, 6.07) is 66.8. The summed E-state index contributed by atoms with van der Waals surface area (Å²) in [5, 5.41) is 4.68. The fourth-order valence-electron chi connectivity index (χ4n) is 6.96. The molecule has 0 atom stereocenters. The number of fused-ring (bicyclic) bond motifs is 4. The van der Waals surface area contributed by atoms with Crippen LogP contribution in [0.1, 0.15) is 0 Å². The summed E-state index contributed by atoms with van der Waals surface area (Å²) in [5.41, 5.74) is 12.3. The molecule has 0 bridgehead atoms. The quantitative estimate of drug-likeness (QED) is 0.185. The van der Waals surface area contributed by atoms with Crippen molar-refractivity contribution < 1.29 is 4.42 Å². The van der Waals surface area contributed by atoms with Crippen LogP contribution < -0.4 is 4.90 Å². The van der Waals surface area contributed by atoms with Crippen molar-refractivity contribution in [2.24, 2.45) is 0 Å². The Kier molecular flexibility index (Phi) is 6.84. The second-order valence-electron chi connectivity index (χ2n) is 12.2. The van der Waals surface area contributed by atoms with Crippen molar-refractivity contribution in [2.45, 2.75) is 0 Å². The van der Waals surface area contributed by atoms with Crippen molar-refractivity contribution in [1.82, 2.24) is 0 Å². The van der Waals surface area contributed by atoms with E-state index in [0.717, 1.165) is 44.6 Å². The van der Waals surface area contributed by atoms with E-state index in [1.54, 1.807) is 0 Å². The molecule has 1 aromatic heterocycles. The Morgan fingerprint density at radius 2 is 0.854 bits per heavy atom. The van der Waals surface area contributed by atoms with E-state index in [1.165, 1.54) is 38.6 Å². The van der Waals surface area contributed by atoms with Crippen molar-refractivity contribution >= 4 is 49.8 Å². The minimum absolute atomic E-state index is 0.908. The monoisotopic (exact) mass is 613 g/mol. The third-order valence-corrected chi connectivity index (χ3v) is 9.25. The number of benzene rings is 8. The van der Waals surface area contributed by atoms with Crippen LogP contribution in [0.3, 0.4) is 0 Å². The van der Waals surface area contributed by atoms with Crippen LogP contribution in [0.4, 0.5) is 17.1 Å². The lowest BCUT2D eigenvalue weighted by atomic mass is 9.93. The van der Waals surface area contributed by atoms with Gasteiger partial charge in [-0.3, -0.25) is 0 Å². The molecule has 0 aliphatic heterocycles. The van der Waals surface area contributed by atoms with E-state index < -0.39 is 0 Å². The summed E-state index contributed by atoms with van der Waals surface area (Å²) in [6.45, 7) is 0. The first-order valence-corrected chi connectivity index (χ1v) is 16.3. The van der Waals surface area contributed by atoms with Crippen LogP contribution in [-0.2, 0) is 0 Å². The van der Waals surface area contributed by atoms with E-state index in [9.17, 15) is 0 Å². The molecule has 0 saturated heterocycles. The zero-order chi connectivity index (χ0) is 31.9. The summed E-state index contributed by atoms with van der Waals surface area (Å²) in [4.78, 5) is 2.32. The molecule has 0 radical (unpaired) electrons. The molecule has 0 aliphatic rings. The highest BCUT2D eigenvalue weighted by atomic mass is 16.3. The number of hydrogen-bond acceptors (Lipinski definition) is 2. The van der Waals surface area contributed by atoms with Gasteiger partial charge in [-0.25, -0.2) is 0 Å². The molecule has 0 unspecified atom stereocenters. The van der Waals surface area contributed by atoms with Crippen LogP contribution in [0.5, 0.6) is 0 Å². The predicted octanol–water partition coefficient (Wildman–Crippen LogP) is 13.2. The Hall–Kier alpha value is -6.38. The van der Waals surface area contributed by atoms with Gasteiger partial charge in [-0.05, 0) is 93.2 Å². The minimum Gasteiger partial charge on any atom is -0.456 e. The van der Waals surface area contributed by atoms with Gasteiger partial charge in [0.05, 0.1) is 0 Å². The Bertz CT molecular complexity index is 2530. The number of furan rings is 1. The highest BCUT2D eigenvalue weighted by molar-refractivity contribution is 6.20. The summed E-state index contributed by atoms with van der Waals surface area (Å²) in [5.74, 6) is 0. The lowest BCUT2D eigenvalue weighted by Gasteiger charge is -2.26. The Morgan fingerprint density at radius 3 is 1.56 bits per heavy atom. The van der Waals surface area contributed by atoms with E-state index >= 15 is 0 Å². The first kappa shape index (κ1) is 27.9. The van der Waals surface area contributed by atoms with Crippen molar-refractivity contribution in [3.05, 3.63) is 188 Å². The summed E-state index contributed by atoms with van der Waals surface area (Å²) < 4.78 is 6.36. The van der Waals surface area contributed by atoms with E-state index in [0.29, 0.717) is 0 Å². The van der Waals surface area contributed by atoms with Gasteiger partial charge in [0.2, 0.25) is 0 Å². The fourth-order valence-corrected chi connectivity index (χ4v) is 6.96. The number of rotatable bonds is 6. The number of anilines is 3. The summed E-state index contributed by atoms with van der Waals surface area (Å²) >= 11 is 0. The third-order valence-electron chi connectivity index (χ3n) is 9.25. The minimum atomic E-state index is 0.908. The maximum absolute atomic E-state index is 6.36. The molecule has 226 valence electrons. The van der Waals surface area contributed by atoms with Crippen molar-refractivity contribution in [3.8, 4) is 33.4 Å². The topological polar surface area (TPSA) is 16.4 Å². The van der Waals surface area contributed by atoms with Gasteiger partial charge in [-0.2, -0.15) is 0 Å². The summed E-state index contributed by atoms with van der Waals surface area (Å²) in [7, 11) is 0. The van der Waals surface area contributed by atoms with Crippen LogP contribution in [0.25, 0.3) is 66.1 Å². The van der Waals surface area contributed by atoms with E-state index in [2.05, 4.69) is 187 Å². The van der Waals surface area contributed by atoms with Crippen LogP contribution in [0.15, 0.2) is 192 Å². The van der Waals surface area contributed by atoms with Gasteiger partial charge in [0.25, 0.3) is 0 Å². The molecule has 0 fully saturated rings. The highest BCUT2D eigenvalue weighted by Gasteiger charge is 2.18. The van der Waals surface area contributed by atoms with Gasteiger partial charge < -0.3 is 9.32 Å². The molecule has 1 heterocycles. The summed E-state index contributed by atoms with van der Waals surface area (Å²) in [6.07, 6.45) is 0. The van der Waals surface area contributed by atoms with Gasteiger partial charge in [0.1, 0.15) is 11.2 Å². The van der Waals surface area contributed by atoms with E-state index in [1.807, 2.05) is 6.07 Å². The standard InChI is InChI=1S/C46H31NO/c1-3-12-32(13-4-1)35-15-11-16-36(30-35)33-22-26-39(27-23-33)47(38-17-5-2-6-18-38)40-28-24-34(25-29-40)45-41-19-8-7-14-37(41)31-44-46(45)42-20-9-10-21-43(42)48-44/h1-31H. The molecule has 8 aromatic carbocycles. The van der Waals surface area contributed by atoms with Crippen molar-refractivity contribution in [2.75, 3.05) is 4.90 Å². The average molecular weight is 614 g/mol.